The number of aliphatic hydroxyl groups is 1. The molecule has 9 nitrogen and oxygen atoms in total. The molecule has 0 saturated heterocycles. The van der Waals surface area contributed by atoms with Crippen molar-refractivity contribution in [2.24, 2.45) is 0 Å². The summed E-state index contributed by atoms with van der Waals surface area (Å²) in [5.41, 5.74) is 1.54. The van der Waals surface area contributed by atoms with Gasteiger partial charge in [0.2, 0.25) is 6.79 Å². The maximum absolute atomic E-state index is 12.6. The first kappa shape index (κ1) is 23.4. The number of ether oxygens (including phenoxy) is 3. The van der Waals surface area contributed by atoms with Gasteiger partial charge in [-0.05, 0) is 55.0 Å². The summed E-state index contributed by atoms with van der Waals surface area (Å²) in [7, 11) is -3.80. The van der Waals surface area contributed by atoms with Crippen molar-refractivity contribution in [3.63, 3.8) is 0 Å². The lowest BCUT2D eigenvalue weighted by atomic mass is 10.2. The molecular weight excluding hydrogens is 460 g/mol. The Morgan fingerprint density at radius 2 is 1.79 bits per heavy atom. The van der Waals surface area contributed by atoms with E-state index in [1.807, 2.05) is 6.07 Å². The Labute approximate surface area is 197 Å². The Morgan fingerprint density at radius 3 is 2.56 bits per heavy atom. The molecule has 34 heavy (non-hydrogen) atoms. The zero-order valence-electron chi connectivity index (χ0n) is 18.4. The number of sulfonamides is 1. The van der Waals surface area contributed by atoms with Gasteiger partial charge in [-0.25, -0.2) is 8.42 Å². The van der Waals surface area contributed by atoms with E-state index < -0.39 is 22.0 Å². The first-order chi connectivity index (χ1) is 16.3. The number of carbonyl (C=O) groups excluding carboxylic acids is 1. The number of amides is 1. The molecule has 1 aliphatic rings. The Hall–Kier alpha value is -3.76. The number of rotatable bonds is 9. The molecule has 0 aliphatic carbocycles. The van der Waals surface area contributed by atoms with Gasteiger partial charge in [0.05, 0.1) is 10.6 Å². The van der Waals surface area contributed by atoms with Crippen LogP contribution < -0.4 is 24.2 Å². The van der Waals surface area contributed by atoms with Crippen LogP contribution in [-0.2, 0) is 10.0 Å². The highest BCUT2D eigenvalue weighted by Crippen LogP contribution is 2.35. The predicted molar refractivity (Wildman–Crippen MR) is 125 cm³/mol. The SMILES string of the molecule is Cc1ccccc1NS(=O)(=O)c1ccc(C(=O)NCC(O)COc2ccc3c(c2)OCO3)cc1. The molecule has 178 valence electrons. The van der Waals surface area contributed by atoms with E-state index in [-0.39, 0.29) is 30.4 Å². The van der Waals surface area contributed by atoms with Crippen LogP contribution >= 0.6 is 0 Å². The molecule has 1 aliphatic heterocycles. The van der Waals surface area contributed by atoms with Crippen LogP contribution in [0.3, 0.4) is 0 Å². The van der Waals surface area contributed by atoms with Crippen molar-refractivity contribution < 1.29 is 32.5 Å². The summed E-state index contributed by atoms with van der Waals surface area (Å²) in [4.78, 5) is 12.4. The third-order valence-corrected chi connectivity index (χ3v) is 6.48. The molecule has 1 heterocycles. The molecule has 0 bridgehead atoms. The summed E-state index contributed by atoms with van der Waals surface area (Å²) < 4.78 is 43.8. The van der Waals surface area contributed by atoms with Crippen LogP contribution in [0.1, 0.15) is 15.9 Å². The molecule has 3 aromatic rings. The predicted octanol–water partition coefficient (Wildman–Crippen LogP) is 2.69. The fourth-order valence-electron chi connectivity index (χ4n) is 3.21. The summed E-state index contributed by atoms with van der Waals surface area (Å²) in [6.07, 6.45) is -0.952. The number of carbonyl (C=O) groups is 1. The number of fused-ring (bicyclic) bond motifs is 1. The minimum atomic E-state index is -3.80. The van der Waals surface area contributed by atoms with E-state index >= 15 is 0 Å². The maximum atomic E-state index is 12.6. The molecule has 0 spiro atoms. The van der Waals surface area contributed by atoms with Gasteiger partial charge >= 0.3 is 0 Å². The Kier molecular flexibility index (Phi) is 6.90. The zero-order chi connectivity index (χ0) is 24.1. The van der Waals surface area contributed by atoms with Crippen molar-refractivity contribution in [1.29, 1.82) is 0 Å². The van der Waals surface area contributed by atoms with Gasteiger partial charge in [0, 0.05) is 18.2 Å². The second-order valence-electron chi connectivity index (χ2n) is 7.63. The fraction of sp³-hybridized carbons (Fsp3) is 0.208. The van der Waals surface area contributed by atoms with Crippen LogP contribution in [0.4, 0.5) is 5.69 Å². The number of hydrogen-bond donors (Lipinski definition) is 3. The van der Waals surface area contributed by atoms with Crippen molar-refractivity contribution in [3.05, 3.63) is 77.9 Å². The minimum absolute atomic E-state index is 0.0319. The highest BCUT2D eigenvalue weighted by Gasteiger charge is 2.17. The summed E-state index contributed by atoms with van der Waals surface area (Å²) in [6.45, 7) is 1.88. The minimum Gasteiger partial charge on any atom is -0.491 e. The van der Waals surface area contributed by atoms with E-state index in [1.54, 1.807) is 43.3 Å². The highest BCUT2D eigenvalue weighted by molar-refractivity contribution is 7.92. The van der Waals surface area contributed by atoms with Crippen LogP contribution in [0.25, 0.3) is 0 Å². The van der Waals surface area contributed by atoms with Gasteiger partial charge in [-0.2, -0.15) is 0 Å². The Bertz CT molecular complexity index is 1280. The first-order valence-corrected chi connectivity index (χ1v) is 12.0. The molecule has 0 fully saturated rings. The van der Waals surface area contributed by atoms with Gasteiger partial charge in [-0.3, -0.25) is 9.52 Å². The molecule has 1 unspecified atom stereocenters. The number of para-hydroxylation sites is 1. The molecule has 3 aromatic carbocycles. The molecule has 4 rings (SSSR count). The van der Waals surface area contributed by atoms with Crippen molar-refractivity contribution in [1.82, 2.24) is 5.32 Å². The van der Waals surface area contributed by atoms with E-state index in [0.717, 1.165) is 5.56 Å². The summed E-state index contributed by atoms with van der Waals surface area (Å²) in [5, 5.41) is 12.7. The van der Waals surface area contributed by atoms with Gasteiger partial charge in [-0.15, -0.1) is 0 Å². The molecule has 1 amide bonds. The average molecular weight is 485 g/mol. The lowest BCUT2D eigenvalue weighted by molar-refractivity contribution is 0.0843. The van der Waals surface area contributed by atoms with Gasteiger partial charge in [-0.1, -0.05) is 18.2 Å². The van der Waals surface area contributed by atoms with Crippen LogP contribution in [0.15, 0.2) is 71.6 Å². The summed E-state index contributed by atoms with van der Waals surface area (Å²) in [6, 6.07) is 17.7. The maximum Gasteiger partial charge on any atom is 0.261 e. The monoisotopic (exact) mass is 484 g/mol. The van der Waals surface area contributed by atoms with Gasteiger partial charge in [0.1, 0.15) is 18.5 Å². The Morgan fingerprint density at radius 1 is 1.06 bits per heavy atom. The third kappa shape index (κ3) is 5.59. The Balaban J connectivity index is 1.28. The van der Waals surface area contributed by atoms with Gasteiger partial charge in [0.15, 0.2) is 11.5 Å². The number of anilines is 1. The lowest BCUT2D eigenvalue weighted by Gasteiger charge is -2.14. The third-order valence-electron chi connectivity index (χ3n) is 5.10. The highest BCUT2D eigenvalue weighted by atomic mass is 32.2. The normalized spacial score (nSPS) is 13.2. The smallest absolute Gasteiger partial charge is 0.261 e. The van der Waals surface area contributed by atoms with Crippen molar-refractivity contribution in [2.75, 3.05) is 24.7 Å². The van der Waals surface area contributed by atoms with Gasteiger partial charge in [0.25, 0.3) is 15.9 Å². The van der Waals surface area contributed by atoms with Gasteiger partial charge < -0.3 is 24.6 Å². The van der Waals surface area contributed by atoms with Crippen molar-refractivity contribution in [2.45, 2.75) is 17.9 Å². The number of nitrogens with one attached hydrogen (secondary N) is 2. The molecule has 3 N–H and O–H groups in total. The lowest BCUT2D eigenvalue weighted by Crippen LogP contribution is -2.35. The molecular formula is C24H24N2O7S. The molecule has 0 saturated carbocycles. The van der Waals surface area contributed by atoms with Crippen LogP contribution in [0.5, 0.6) is 17.2 Å². The number of aliphatic hydroxyl groups excluding tert-OH is 1. The van der Waals surface area contributed by atoms with E-state index in [2.05, 4.69) is 10.0 Å². The average Bonchev–Trinajstić information content (AvgIpc) is 3.30. The summed E-state index contributed by atoms with van der Waals surface area (Å²) in [5.74, 6) is 1.26. The van der Waals surface area contributed by atoms with E-state index in [9.17, 15) is 18.3 Å². The first-order valence-electron chi connectivity index (χ1n) is 10.5. The largest absolute Gasteiger partial charge is 0.491 e. The van der Waals surface area contributed by atoms with Crippen LogP contribution in [0, 0.1) is 6.92 Å². The molecule has 0 aromatic heterocycles. The molecule has 0 radical (unpaired) electrons. The quantitative estimate of drug-likeness (QED) is 0.427. The standard InChI is InChI=1S/C24H24N2O7S/c1-16-4-2-3-5-21(16)26-34(29,30)20-9-6-17(7-10-20)24(28)25-13-18(27)14-31-19-8-11-22-23(12-19)33-15-32-22/h2-12,18,26-27H,13-15H2,1H3,(H,25,28). The van der Waals surface area contributed by atoms with Crippen molar-refractivity contribution in [3.8, 4) is 17.2 Å². The number of aryl methyl sites for hydroxylation is 1. The fourth-order valence-corrected chi connectivity index (χ4v) is 4.34. The number of benzene rings is 3. The second-order valence-corrected chi connectivity index (χ2v) is 9.32. The van der Waals surface area contributed by atoms with Crippen molar-refractivity contribution >= 4 is 21.6 Å². The van der Waals surface area contributed by atoms with E-state index in [4.69, 9.17) is 14.2 Å². The van der Waals surface area contributed by atoms with Crippen LogP contribution in [0.2, 0.25) is 0 Å². The van der Waals surface area contributed by atoms with E-state index in [0.29, 0.717) is 22.9 Å². The number of hydrogen-bond acceptors (Lipinski definition) is 7. The molecule has 10 heteroatoms. The molecule has 1 atom stereocenters. The zero-order valence-corrected chi connectivity index (χ0v) is 19.2. The van der Waals surface area contributed by atoms with E-state index in [1.165, 1.54) is 24.3 Å². The second kappa shape index (κ2) is 10.0. The van der Waals surface area contributed by atoms with Crippen LogP contribution in [-0.4, -0.2) is 45.5 Å². The summed E-state index contributed by atoms with van der Waals surface area (Å²) >= 11 is 0. The topological polar surface area (TPSA) is 123 Å².